The summed E-state index contributed by atoms with van der Waals surface area (Å²) in [5.41, 5.74) is 0.334. The van der Waals surface area contributed by atoms with Gasteiger partial charge in [0.2, 0.25) is 6.41 Å². The van der Waals surface area contributed by atoms with Gasteiger partial charge in [-0.1, -0.05) is 0 Å². The van der Waals surface area contributed by atoms with Crippen LogP contribution in [0.15, 0.2) is 6.20 Å². The van der Waals surface area contributed by atoms with Crippen molar-refractivity contribution in [1.82, 2.24) is 9.78 Å². The topological polar surface area (TPSA) is 99.5 Å². The van der Waals surface area contributed by atoms with Gasteiger partial charge in [-0.15, -0.1) is 5.10 Å². The van der Waals surface area contributed by atoms with E-state index in [2.05, 4.69) is 10.4 Å². The fraction of sp³-hybridized carbons (Fsp3) is 0.556. The van der Waals surface area contributed by atoms with Gasteiger partial charge in [0.15, 0.2) is 9.84 Å². The lowest BCUT2D eigenvalue weighted by molar-refractivity contribution is -0.105. The van der Waals surface area contributed by atoms with Crippen molar-refractivity contribution in [3.05, 3.63) is 6.20 Å². The van der Waals surface area contributed by atoms with Crippen LogP contribution in [-0.4, -0.2) is 50.2 Å². The number of amides is 1. The molecule has 1 fully saturated rings. The highest BCUT2D eigenvalue weighted by atomic mass is 32.2. The molecule has 0 radical (unpaired) electrons. The van der Waals surface area contributed by atoms with Gasteiger partial charge in [0.1, 0.15) is 17.7 Å². The minimum Gasteiger partial charge on any atom is -0.467 e. The first-order valence-corrected chi connectivity index (χ1v) is 7.24. The fourth-order valence-corrected chi connectivity index (χ4v) is 2.01. The number of hydrogen-bond donors (Lipinski definition) is 1. The zero-order chi connectivity index (χ0) is 13.2. The molecule has 9 heteroatoms. The standard InChI is InChI=1S/C9H13N3O5S/c1-18(14,15)6-12-2-8(10-5-13)9(11-12)17-7-3-16-4-7/h2,5,7H,3-4,6H2,1H3,(H,10,13). The minimum absolute atomic E-state index is 0.112. The molecule has 0 bridgehead atoms. The highest BCUT2D eigenvalue weighted by molar-refractivity contribution is 7.89. The molecule has 2 heterocycles. The Labute approximate surface area is 104 Å². The Bertz CT molecular complexity index is 534. The van der Waals surface area contributed by atoms with E-state index in [0.29, 0.717) is 25.3 Å². The lowest BCUT2D eigenvalue weighted by Gasteiger charge is -2.25. The van der Waals surface area contributed by atoms with Crippen molar-refractivity contribution in [2.24, 2.45) is 0 Å². The Morgan fingerprint density at radius 3 is 2.89 bits per heavy atom. The van der Waals surface area contributed by atoms with E-state index < -0.39 is 9.84 Å². The van der Waals surface area contributed by atoms with Crippen molar-refractivity contribution in [2.45, 2.75) is 12.0 Å². The van der Waals surface area contributed by atoms with Crippen LogP contribution in [0.25, 0.3) is 0 Å². The Hall–Kier alpha value is -1.61. The summed E-state index contributed by atoms with van der Waals surface area (Å²) in [6.07, 6.45) is 2.87. The minimum atomic E-state index is -3.21. The van der Waals surface area contributed by atoms with Gasteiger partial charge in [-0.3, -0.25) is 9.48 Å². The van der Waals surface area contributed by atoms with Crippen LogP contribution in [0.2, 0.25) is 0 Å². The Kier molecular flexibility index (Phi) is 3.53. The molecule has 0 saturated carbocycles. The van der Waals surface area contributed by atoms with E-state index in [-0.39, 0.29) is 17.9 Å². The molecule has 1 aliphatic rings. The molecule has 0 aromatic carbocycles. The quantitative estimate of drug-likeness (QED) is 0.684. The van der Waals surface area contributed by atoms with Crippen LogP contribution in [0.3, 0.4) is 0 Å². The number of hydrogen-bond acceptors (Lipinski definition) is 6. The lowest BCUT2D eigenvalue weighted by Crippen LogP contribution is -2.38. The van der Waals surface area contributed by atoms with Crippen LogP contribution < -0.4 is 10.1 Å². The van der Waals surface area contributed by atoms with Crippen LogP contribution in [0, 0.1) is 0 Å². The summed E-state index contributed by atoms with van der Waals surface area (Å²) in [4.78, 5) is 10.4. The van der Waals surface area contributed by atoms with Crippen LogP contribution >= 0.6 is 0 Å². The van der Waals surface area contributed by atoms with Gasteiger partial charge in [-0.05, 0) is 0 Å². The van der Waals surface area contributed by atoms with E-state index in [0.717, 1.165) is 6.26 Å². The highest BCUT2D eigenvalue weighted by Gasteiger charge is 2.23. The van der Waals surface area contributed by atoms with E-state index in [1.54, 1.807) is 0 Å². The average Bonchev–Trinajstić information content (AvgIpc) is 2.52. The summed E-state index contributed by atoms with van der Waals surface area (Å²) in [6.45, 7) is 0.916. The van der Waals surface area contributed by atoms with Crippen molar-refractivity contribution >= 4 is 21.9 Å². The smallest absolute Gasteiger partial charge is 0.257 e. The number of nitrogens with zero attached hydrogens (tertiary/aromatic N) is 2. The van der Waals surface area contributed by atoms with Crippen molar-refractivity contribution in [3.8, 4) is 5.88 Å². The van der Waals surface area contributed by atoms with E-state index in [9.17, 15) is 13.2 Å². The molecule has 1 aromatic heterocycles. The molecule has 1 N–H and O–H groups in total. The van der Waals surface area contributed by atoms with Gasteiger partial charge in [0.25, 0.3) is 5.88 Å². The average molecular weight is 275 g/mol. The monoisotopic (exact) mass is 275 g/mol. The van der Waals surface area contributed by atoms with Gasteiger partial charge >= 0.3 is 0 Å². The highest BCUT2D eigenvalue weighted by Crippen LogP contribution is 2.24. The lowest BCUT2D eigenvalue weighted by atomic mass is 10.3. The molecular formula is C9H13N3O5S. The zero-order valence-corrected chi connectivity index (χ0v) is 10.5. The summed E-state index contributed by atoms with van der Waals surface area (Å²) in [6, 6.07) is 0. The molecule has 0 atom stereocenters. The van der Waals surface area contributed by atoms with Crippen LogP contribution in [-0.2, 0) is 25.2 Å². The van der Waals surface area contributed by atoms with Gasteiger partial charge in [-0.2, -0.15) is 0 Å². The SMILES string of the molecule is CS(=O)(=O)Cn1cc(NC=O)c(OC2COC2)n1. The van der Waals surface area contributed by atoms with E-state index >= 15 is 0 Å². The zero-order valence-electron chi connectivity index (χ0n) is 9.70. The molecule has 1 amide bonds. The molecule has 0 unspecified atom stereocenters. The van der Waals surface area contributed by atoms with E-state index in [4.69, 9.17) is 9.47 Å². The third-order valence-electron chi connectivity index (χ3n) is 2.19. The molecule has 1 saturated heterocycles. The number of aromatic nitrogens is 2. The van der Waals surface area contributed by atoms with Crippen LogP contribution in [0.4, 0.5) is 5.69 Å². The predicted molar refractivity (Wildman–Crippen MR) is 62.0 cm³/mol. The Balaban J connectivity index is 2.16. The van der Waals surface area contributed by atoms with Crippen molar-refractivity contribution < 1.29 is 22.7 Å². The number of anilines is 1. The first kappa shape index (κ1) is 12.8. The van der Waals surface area contributed by atoms with Gasteiger partial charge in [0, 0.05) is 6.26 Å². The molecule has 1 aliphatic heterocycles. The number of nitrogens with one attached hydrogen (secondary N) is 1. The van der Waals surface area contributed by atoms with Crippen molar-refractivity contribution in [2.75, 3.05) is 24.8 Å². The Morgan fingerprint density at radius 2 is 2.39 bits per heavy atom. The van der Waals surface area contributed by atoms with Gasteiger partial charge in [0.05, 0.1) is 19.4 Å². The predicted octanol–water partition coefficient (Wildman–Crippen LogP) is -0.769. The van der Waals surface area contributed by atoms with Crippen LogP contribution in [0.1, 0.15) is 0 Å². The molecule has 0 spiro atoms. The van der Waals surface area contributed by atoms with Crippen molar-refractivity contribution in [3.63, 3.8) is 0 Å². The van der Waals surface area contributed by atoms with Gasteiger partial charge < -0.3 is 14.8 Å². The molecule has 100 valence electrons. The number of carbonyl (C=O) groups excluding carboxylic acids is 1. The third kappa shape index (κ3) is 3.20. The van der Waals surface area contributed by atoms with E-state index in [1.165, 1.54) is 10.9 Å². The molecular weight excluding hydrogens is 262 g/mol. The summed E-state index contributed by atoms with van der Waals surface area (Å²) >= 11 is 0. The number of carbonyl (C=O) groups is 1. The van der Waals surface area contributed by atoms with Crippen LogP contribution in [0.5, 0.6) is 5.88 Å². The number of rotatable bonds is 6. The molecule has 2 rings (SSSR count). The number of ether oxygens (including phenoxy) is 2. The normalized spacial score (nSPS) is 16.1. The largest absolute Gasteiger partial charge is 0.467 e. The first-order chi connectivity index (χ1) is 8.48. The van der Waals surface area contributed by atoms with Crippen molar-refractivity contribution in [1.29, 1.82) is 0 Å². The third-order valence-corrected chi connectivity index (χ3v) is 2.93. The molecule has 0 aliphatic carbocycles. The number of sulfone groups is 1. The summed E-state index contributed by atoms with van der Waals surface area (Å²) < 4.78 is 33.9. The second-order valence-corrected chi connectivity index (χ2v) is 6.09. The molecule has 8 nitrogen and oxygen atoms in total. The van der Waals surface area contributed by atoms with Gasteiger partial charge in [-0.25, -0.2) is 8.42 Å². The molecule has 1 aromatic rings. The fourth-order valence-electron chi connectivity index (χ4n) is 1.40. The summed E-state index contributed by atoms with van der Waals surface area (Å²) in [5, 5.41) is 6.39. The Morgan fingerprint density at radius 1 is 1.67 bits per heavy atom. The maximum absolute atomic E-state index is 11.2. The summed E-state index contributed by atoms with van der Waals surface area (Å²) in [7, 11) is -3.21. The van der Waals surface area contributed by atoms with E-state index in [1.807, 2.05) is 0 Å². The second-order valence-electron chi connectivity index (χ2n) is 3.98. The molecule has 18 heavy (non-hydrogen) atoms. The summed E-state index contributed by atoms with van der Waals surface area (Å²) in [5.74, 6) is -0.0792. The maximum Gasteiger partial charge on any atom is 0.257 e. The first-order valence-electron chi connectivity index (χ1n) is 5.18. The maximum atomic E-state index is 11.2. The second kappa shape index (κ2) is 4.94.